The summed E-state index contributed by atoms with van der Waals surface area (Å²) in [6, 6.07) is 0. The van der Waals surface area contributed by atoms with Gasteiger partial charge in [-0.3, -0.25) is 0 Å². The molecule has 0 fully saturated rings. The second-order valence-corrected chi connectivity index (χ2v) is 5.87. The van der Waals surface area contributed by atoms with Crippen LogP contribution in [0.15, 0.2) is 0 Å². The number of rotatable bonds is 0. The maximum Gasteiger partial charge on any atom is 0.523 e. The minimum atomic E-state index is -5.18. The lowest BCUT2D eigenvalue weighted by Crippen LogP contribution is -2.48. The number of hydrogen-bond acceptors (Lipinski definition) is 4. The Labute approximate surface area is 109 Å². The molecular formula is C11H18F3NO4. The Morgan fingerprint density at radius 2 is 1.37 bits per heavy atom. The number of nitrogens with zero attached hydrogens (tertiary/aromatic N) is 1. The first-order valence-electron chi connectivity index (χ1n) is 5.47. The van der Waals surface area contributed by atoms with E-state index in [2.05, 4.69) is 9.57 Å². The second-order valence-electron chi connectivity index (χ2n) is 5.87. The molecule has 0 N–H and O–H groups in total. The maximum absolute atomic E-state index is 12.6. The molecule has 0 aliphatic rings. The number of amides is 1. The van der Waals surface area contributed by atoms with Gasteiger partial charge < -0.3 is 9.57 Å². The van der Waals surface area contributed by atoms with E-state index >= 15 is 0 Å². The molecule has 19 heavy (non-hydrogen) atoms. The van der Waals surface area contributed by atoms with Gasteiger partial charge in [0.2, 0.25) is 0 Å². The number of alkyl halides is 3. The molecule has 0 aliphatic heterocycles. The topological polar surface area (TPSA) is 55.8 Å². The van der Waals surface area contributed by atoms with Gasteiger partial charge in [-0.05, 0) is 46.6 Å². The van der Waals surface area contributed by atoms with Crippen LogP contribution in [0.25, 0.3) is 0 Å². The fourth-order valence-electron chi connectivity index (χ4n) is 0.716. The zero-order valence-corrected chi connectivity index (χ0v) is 11.7. The molecule has 0 bridgehead atoms. The van der Waals surface area contributed by atoms with Crippen LogP contribution in [0.1, 0.15) is 41.5 Å². The minimum absolute atomic E-state index is 1.01. The Morgan fingerprint density at radius 1 is 0.947 bits per heavy atom. The van der Waals surface area contributed by atoms with Crippen molar-refractivity contribution in [3.05, 3.63) is 0 Å². The van der Waals surface area contributed by atoms with Crippen molar-refractivity contribution in [2.75, 3.05) is 0 Å². The van der Waals surface area contributed by atoms with Gasteiger partial charge in [-0.15, -0.1) is 13.2 Å². The van der Waals surface area contributed by atoms with Gasteiger partial charge in [0.15, 0.2) is 0 Å². The van der Waals surface area contributed by atoms with Gasteiger partial charge in [-0.2, -0.15) is 0 Å². The highest BCUT2D eigenvalue weighted by Crippen LogP contribution is 2.27. The van der Waals surface area contributed by atoms with E-state index in [1.807, 2.05) is 0 Å². The summed E-state index contributed by atoms with van der Waals surface area (Å²) in [5.41, 5.74) is -2.33. The van der Waals surface area contributed by atoms with Crippen molar-refractivity contribution in [3.8, 4) is 0 Å². The van der Waals surface area contributed by atoms with Gasteiger partial charge in [0.05, 0.1) is 5.41 Å². The third kappa shape index (κ3) is 6.30. The number of hydrogen-bond donors (Lipinski definition) is 0. The third-order valence-electron chi connectivity index (χ3n) is 1.58. The largest absolute Gasteiger partial charge is 0.523 e. The molecule has 0 aromatic carbocycles. The van der Waals surface area contributed by atoms with Crippen LogP contribution in [-0.4, -0.2) is 29.0 Å². The average molecular weight is 285 g/mol. The van der Waals surface area contributed by atoms with Crippen LogP contribution in [0.5, 0.6) is 0 Å². The van der Waals surface area contributed by atoms with Crippen LogP contribution < -0.4 is 0 Å². The molecule has 112 valence electrons. The Balaban J connectivity index is 5.06. The molecule has 0 rings (SSSR count). The van der Waals surface area contributed by atoms with Crippen LogP contribution in [0.3, 0.4) is 0 Å². The average Bonchev–Trinajstić information content (AvgIpc) is 2.06. The second kappa shape index (κ2) is 5.26. The van der Waals surface area contributed by atoms with E-state index in [0.29, 0.717) is 0 Å². The summed E-state index contributed by atoms with van der Waals surface area (Å²) in [4.78, 5) is 26.9. The van der Waals surface area contributed by atoms with E-state index in [-0.39, 0.29) is 0 Å². The molecule has 0 aromatic rings. The maximum atomic E-state index is 12.6. The summed E-state index contributed by atoms with van der Waals surface area (Å²) in [5.74, 6) is -1.20. The summed E-state index contributed by atoms with van der Waals surface area (Å²) in [5, 5.41) is -1.01. The number of halogens is 3. The van der Waals surface area contributed by atoms with E-state index in [4.69, 9.17) is 0 Å². The lowest BCUT2D eigenvalue weighted by Gasteiger charge is -2.28. The van der Waals surface area contributed by atoms with Gasteiger partial charge in [-0.25, -0.2) is 9.59 Å². The Bertz CT molecular complexity index is 352. The highest BCUT2D eigenvalue weighted by Gasteiger charge is 2.48. The standard InChI is InChI=1S/C11H18F3NO4/c1-9(2,3)7(16)19-15(11(12,13)14)8(17)18-10(4,5)6/h1-6H3. The lowest BCUT2D eigenvalue weighted by molar-refractivity contribution is -0.337. The first-order chi connectivity index (χ1) is 8.14. The lowest BCUT2D eigenvalue weighted by atomic mass is 9.98. The molecule has 0 unspecified atom stereocenters. The molecule has 5 nitrogen and oxygen atoms in total. The Morgan fingerprint density at radius 3 is 1.63 bits per heavy atom. The molecular weight excluding hydrogens is 267 g/mol. The van der Waals surface area contributed by atoms with Crippen molar-refractivity contribution in [1.29, 1.82) is 0 Å². The number of hydroxylamine groups is 2. The van der Waals surface area contributed by atoms with Crippen LogP contribution in [0.4, 0.5) is 18.0 Å². The summed E-state index contributed by atoms with van der Waals surface area (Å²) in [6.45, 7) is 8.26. The van der Waals surface area contributed by atoms with Gasteiger partial charge in [-0.1, -0.05) is 0 Å². The quantitative estimate of drug-likeness (QED) is 0.506. The molecule has 0 heterocycles. The van der Waals surface area contributed by atoms with Crippen LogP contribution in [0, 0.1) is 5.41 Å². The molecule has 0 aromatic heterocycles. The number of carbonyl (C=O) groups is 2. The first kappa shape index (κ1) is 17.5. The summed E-state index contributed by atoms with van der Waals surface area (Å²) >= 11 is 0. The normalized spacial score (nSPS) is 12.9. The third-order valence-corrected chi connectivity index (χ3v) is 1.58. The number of carbonyl (C=O) groups excluding carboxylic acids is 2. The van der Waals surface area contributed by atoms with Crippen molar-refractivity contribution in [3.63, 3.8) is 0 Å². The van der Waals surface area contributed by atoms with Crippen LogP contribution in [0.2, 0.25) is 0 Å². The smallest absolute Gasteiger partial charge is 0.441 e. The molecule has 8 heteroatoms. The summed E-state index contributed by atoms with van der Waals surface area (Å²) in [6.07, 6.45) is -6.97. The van der Waals surface area contributed by atoms with Crippen molar-refractivity contribution >= 4 is 12.1 Å². The van der Waals surface area contributed by atoms with Crippen molar-refractivity contribution in [2.45, 2.75) is 53.4 Å². The monoisotopic (exact) mass is 285 g/mol. The fraction of sp³-hybridized carbons (Fsp3) is 0.818. The van der Waals surface area contributed by atoms with Crippen molar-refractivity contribution in [1.82, 2.24) is 5.06 Å². The zero-order chi connectivity index (χ0) is 15.6. The molecule has 0 spiro atoms. The minimum Gasteiger partial charge on any atom is -0.441 e. The van der Waals surface area contributed by atoms with E-state index in [1.165, 1.54) is 41.5 Å². The van der Waals surface area contributed by atoms with Crippen molar-refractivity contribution in [2.24, 2.45) is 5.41 Å². The summed E-state index contributed by atoms with van der Waals surface area (Å²) in [7, 11) is 0. The SMILES string of the molecule is CC(C)(C)OC(=O)N(OC(=O)C(C)(C)C)C(F)(F)F. The fourth-order valence-corrected chi connectivity index (χ4v) is 0.716. The highest BCUT2D eigenvalue weighted by atomic mass is 19.4. The van der Waals surface area contributed by atoms with Gasteiger partial charge in [0.25, 0.3) is 0 Å². The van der Waals surface area contributed by atoms with E-state index in [1.54, 1.807) is 0 Å². The molecule has 1 amide bonds. The van der Waals surface area contributed by atoms with Crippen LogP contribution >= 0.6 is 0 Å². The van der Waals surface area contributed by atoms with Crippen LogP contribution in [-0.2, 0) is 14.4 Å². The molecule has 0 saturated heterocycles. The van der Waals surface area contributed by atoms with Crippen molar-refractivity contribution < 1.29 is 32.3 Å². The molecule has 0 aliphatic carbocycles. The zero-order valence-electron chi connectivity index (χ0n) is 11.7. The first-order valence-corrected chi connectivity index (χ1v) is 5.47. The van der Waals surface area contributed by atoms with Gasteiger partial charge in [0.1, 0.15) is 5.60 Å². The van der Waals surface area contributed by atoms with E-state index < -0.39 is 34.4 Å². The predicted molar refractivity (Wildman–Crippen MR) is 59.7 cm³/mol. The summed E-state index contributed by atoms with van der Waals surface area (Å²) < 4.78 is 42.5. The predicted octanol–water partition coefficient (Wildman–Crippen LogP) is 3.25. The molecule has 0 radical (unpaired) electrons. The van der Waals surface area contributed by atoms with Gasteiger partial charge in [0, 0.05) is 0 Å². The van der Waals surface area contributed by atoms with E-state index in [0.717, 1.165) is 0 Å². The van der Waals surface area contributed by atoms with Gasteiger partial charge >= 0.3 is 18.4 Å². The molecule has 0 atom stereocenters. The Hall–Kier alpha value is -1.47. The molecule has 0 saturated carbocycles. The number of ether oxygens (including phenoxy) is 1. The van der Waals surface area contributed by atoms with E-state index in [9.17, 15) is 22.8 Å². The Kier molecular flexibility index (Phi) is 4.85. The highest BCUT2D eigenvalue weighted by molar-refractivity contribution is 5.77.